The Morgan fingerprint density at radius 3 is 3.00 bits per heavy atom. The van der Waals surface area contributed by atoms with Crippen LogP contribution in [0.4, 0.5) is 0 Å². The Hall–Kier alpha value is -1.06. The summed E-state index contributed by atoms with van der Waals surface area (Å²) in [6, 6.07) is 0. The van der Waals surface area contributed by atoms with Crippen molar-refractivity contribution in [1.82, 2.24) is 0 Å². The lowest BCUT2D eigenvalue weighted by Gasteiger charge is -1.97. The molecule has 10 heavy (non-hydrogen) atoms. The largest absolute Gasteiger partial charge is 0.459 e. The van der Waals surface area contributed by atoms with Crippen molar-refractivity contribution in [3.05, 3.63) is 0 Å². The maximum Gasteiger partial charge on any atom is 0.306 e. The summed E-state index contributed by atoms with van der Waals surface area (Å²) >= 11 is 0. The van der Waals surface area contributed by atoms with Crippen LogP contribution in [0.1, 0.15) is 19.3 Å². The molecule has 0 aromatic heterocycles. The first-order valence-electron chi connectivity index (χ1n) is 3.24. The van der Waals surface area contributed by atoms with E-state index in [-0.39, 0.29) is 12.6 Å². The van der Waals surface area contributed by atoms with E-state index >= 15 is 0 Å². The second-order valence-electron chi connectivity index (χ2n) is 2.21. The first-order valence-corrected chi connectivity index (χ1v) is 3.24. The van der Waals surface area contributed by atoms with Gasteiger partial charge < -0.3 is 10.6 Å². The van der Waals surface area contributed by atoms with Crippen LogP contribution in [-0.4, -0.2) is 18.3 Å². The number of rotatable bonds is 0. The van der Waals surface area contributed by atoms with Crippen LogP contribution in [0.5, 0.6) is 0 Å². The van der Waals surface area contributed by atoms with Crippen molar-refractivity contribution in [1.29, 1.82) is 0 Å². The number of ether oxygens (including phenoxy) is 1. The molecule has 1 aliphatic heterocycles. The topological polar surface area (TPSA) is 64.7 Å². The summed E-state index contributed by atoms with van der Waals surface area (Å²) in [5.74, 6) is 4.86. The van der Waals surface area contributed by atoms with Gasteiger partial charge in [-0.15, -0.1) is 0 Å². The van der Waals surface area contributed by atoms with Crippen molar-refractivity contribution in [2.45, 2.75) is 19.3 Å². The van der Waals surface area contributed by atoms with Crippen LogP contribution < -0.4 is 5.84 Å². The molecule has 0 bridgehead atoms. The Bertz CT molecular complexity index is 165. The molecule has 0 atom stereocenters. The van der Waals surface area contributed by atoms with Crippen LogP contribution in [0.25, 0.3) is 0 Å². The van der Waals surface area contributed by atoms with Gasteiger partial charge in [0.2, 0.25) is 0 Å². The molecule has 0 aromatic rings. The summed E-state index contributed by atoms with van der Waals surface area (Å²) in [7, 11) is 0. The Morgan fingerprint density at radius 1 is 1.50 bits per heavy atom. The number of esters is 1. The summed E-state index contributed by atoms with van der Waals surface area (Å²) in [4.78, 5) is 10.6. The second kappa shape index (κ2) is 3.20. The normalized spacial score (nSPS) is 24.0. The van der Waals surface area contributed by atoms with E-state index in [1.165, 1.54) is 0 Å². The predicted molar refractivity (Wildman–Crippen MR) is 36.4 cm³/mol. The number of cyclic esters (lactones) is 1. The van der Waals surface area contributed by atoms with Gasteiger partial charge in [0.1, 0.15) is 6.61 Å². The fraction of sp³-hybridized carbons (Fsp3) is 0.667. The molecule has 0 saturated carbocycles. The molecule has 1 aliphatic rings. The summed E-state index contributed by atoms with van der Waals surface area (Å²) in [5, 5.41) is 3.48. The van der Waals surface area contributed by atoms with Gasteiger partial charge in [0.15, 0.2) is 0 Å². The van der Waals surface area contributed by atoms with Crippen LogP contribution in [0.2, 0.25) is 0 Å². The molecule has 0 spiro atoms. The van der Waals surface area contributed by atoms with E-state index in [1.54, 1.807) is 0 Å². The van der Waals surface area contributed by atoms with Crippen LogP contribution >= 0.6 is 0 Å². The van der Waals surface area contributed by atoms with Gasteiger partial charge >= 0.3 is 5.97 Å². The third kappa shape index (κ3) is 1.72. The number of hydrazone groups is 1. The lowest BCUT2D eigenvalue weighted by molar-refractivity contribution is -0.141. The quantitative estimate of drug-likeness (QED) is 0.295. The van der Waals surface area contributed by atoms with E-state index < -0.39 is 0 Å². The number of carbonyl (C=O) groups excluding carboxylic acids is 1. The van der Waals surface area contributed by atoms with Gasteiger partial charge in [-0.25, -0.2) is 0 Å². The van der Waals surface area contributed by atoms with Gasteiger partial charge in [-0.3, -0.25) is 4.79 Å². The SMILES string of the molecule is NN=C1CCCC(=O)OC1. The third-order valence-corrected chi connectivity index (χ3v) is 1.43. The summed E-state index contributed by atoms with van der Waals surface area (Å²) in [6.07, 6.45) is 2.07. The first-order chi connectivity index (χ1) is 4.83. The van der Waals surface area contributed by atoms with E-state index in [2.05, 4.69) is 5.10 Å². The number of nitrogens with zero attached hydrogens (tertiary/aromatic N) is 1. The molecule has 0 aliphatic carbocycles. The Balaban J connectivity index is 2.48. The molecule has 56 valence electrons. The van der Waals surface area contributed by atoms with Gasteiger partial charge in [0.05, 0.1) is 5.71 Å². The molecule has 0 radical (unpaired) electrons. The third-order valence-electron chi connectivity index (χ3n) is 1.43. The standard InChI is InChI=1S/C6H10N2O2/c7-8-5-2-1-3-6(9)10-4-5/h1-4,7H2. The Morgan fingerprint density at radius 2 is 2.30 bits per heavy atom. The van der Waals surface area contributed by atoms with Gasteiger partial charge in [-0.2, -0.15) is 5.10 Å². The predicted octanol–water partition coefficient (Wildman–Crippen LogP) is 0.0282. The molecule has 0 unspecified atom stereocenters. The van der Waals surface area contributed by atoms with Crippen molar-refractivity contribution in [3.8, 4) is 0 Å². The zero-order valence-electron chi connectivity index (χ0n) is 5.67. The minimum Gasteiger partial charge on any atom is -0.459 e. The second-order valence-corrected chi connectivity index (χ2v) is 2.21. The van der Waals surface area contributed by atoms with Crippen LogP contribution in [0, 0.1) is 0 Å². The van der Waals surface area contributed by atoms with E-state index in [1.807, 2.05) is 0 Å². The highest BCUT2D eigenvalue weighted by molar-refractivity contribution is 5.88. The van der Waals surface area contributed by atoms with Gasteiger partial charge in [0, 0.05) is 6.42 Å². The molecule has 4 heteroatoms. The van der Waals surface area contributed by atoms with Crippen molar-refractivity contribution in [3.63, 3.8) is 0 Å². The molecular formula is C6H10N2O2. The molecule has 1 heterocycles. The molecule has 1 saturated heterocycles. The Labute approximate surface area is 59.0 Å². The van der Waals surface area contributed by atoms with Crippen molar-refractivity contribution in [2.75, 3.05) is 6.61 Å². The van der Waals surface area contributed by atoms with Gasteiger partial charge in [0.25, 0.3) is 0 Å². The zero-order valence-corrected chi connectivity index (χ0v) is 5.67. The maximum absolute atomic E-state index is 10.6. The van der Waals surface area contributed by atoms with E-state index in [0.29, 0.717) is 6.42 Å². The number of carbonyl (C=O) groups is 1. The minimum atomic E-state index is -0.154. The van der Waals surface area contributed by atoms with Gasteiger partial charge in [-0.1, -0.05) is 0 Å². The lowest BCUT2D eigenvalue weighted by Crippen LogP contribution is -2.10. The smallest absolute Gasteiger partial charge is 0.306 e. The van der Waals surface area contributed by atoms with Crippen LogP contribution in [-0.2, 0) is 9.53 Å². The van der Waals surface area contributed by atoms with Crippen molar-refractivity contribution >= 4 is 11.7 Å². The lowest BCUT2D eigenvalue weighted by atomic mass is 10.2. The summed E-state index contributed by atoms with van der Waals surface area (Å²) in [5.41, 5.74) is 0.769. The molecular weight excluding hydrogens is 132 g/mol. The van der Waals surface area contributed by atoms with Crippen molar-refractivity contribution < 1.29 is 9.53 Å². The summed E-state index contributed by atoms with van der Waals surface area (Å²) in [6.45, 7) is 0.273. The molecule has 0 aromatic carbocycles. The average Bonchev–Trinajstić information content (AvgIpc) is 2.14. The van der Waals surface area contributed by atoms with Crippen LogP contribution in [0.3, 0.4) is 0 Å². The molecule has 1 fully saturated rings. The van der Waals surface area contributed by atoms with Crippen LogP contribution in [0.15, 0.2) is 5.10 Å². The van der Waals surface area contributed by atoms with Crippen molar-refractivity contribution in [2.24, 2.45) is 10.9 Å². The highest BCUT2D eigenvalue weighted by atomic mass is 16.5. The van der Waals surface area contributed by atoms with Gasteiger partial charge in [-0.05, 0) is 12.8 Å². The molecule has 1 rings (SSSR count). The monoisotopic (exact) mass is 142 g/mol. The number of hydrogen-bond donors (Lipinski definition) is 1. The number of hydrogen-bond acceptors (Lipinski definition) is 4. The molecule has 2 N–H and O–H groups in total. The first kappa shape index (κ1) is 7.05. The highest BCUT2D eigenvalue weighted by Gasteiger charge is 2.11. The molecule has 0 amide bonds. The van der Waals surface area contributed by atoms with E-state index in [9.17, 15) is 4.79 Å². The van der Waals surface area contributed by atoms with E-state index in [0.717, 1.165) is 18.6 Å². The fourth-order valence-corrected chi connectivity index (χ4v) is 0.847. The Kier molecular flexibility index (Phi) is 2.25. The molecule has 4 nitrogen and oxygen atoms in total. The minimum absolute atomic E-state index is 0.154. The van der Waals surface area contributed by atoms with E-state index in [4.69, 9.17) is 10.6 Å². The summed E-state index contributed by atoms with van der Waals surface area (Å²) < 4.78 is 4.76. The maximum atomic E-state index is 10.6. The zero-order chi connectivity index (χ0) is 7.40. The fourth-order valence-electron chi connectivity index (χ4n) is 0.847. The highest BCUT2D eigenvalue weighted by Crippen LogP contribution is 2.05. The average molecular weight is 142 g/mol. The number of nitrogens with two attached hydrogens (primary N) is 1.